The van der Waals surface area contributed by atoms with Gasteiger partial charge in [0, 0.05) is 5.57 Å². The average molecular weight is 522 g/mol. The predicted molar refractivity (Wildman–Crippen MR) is 139 cm³/mol. The van der Waals surface area contributed by atoms with Crippen molar-refractivity contribution in [3.8, 4) is 0 Å². The fraction of sp³-hybridized carbons (Fsp3) is 0.696. The van der Waals surface area contributed by atoms with Gasteiger partial charge in [0.25, 0.3) is 5.56 Å². The molecular formula is C23H39N5O5Si2. The van der Waals surface area contributed by atoms with Gasteiger partial charge < -0.3 is 23.4 Å². The Morgan fingerprint density at radius 2 is 1.69 bits per heavy atom. The Kier molecular flexibility index (Phi) is 6.92. The van der Waals surface area contributed by atoms with Crippen LogP contribution in [0.25, 0.3) is 11.2 Å². The van der Waals surface area contributed by atoms with Crippen LogP contribution in [0.2, 0.25) is 22.2 Å². The van der Waals surface area contributed by atoms with Crippen LogP contribution in [0.1, 0.15) is 61.6 Å². The summed E-state index contributed by atoms with van der Waals surface area (Å²) in [5, 5.41) is 0. The molecule has 0 unspecified atom stereocenters. The van der Waals surface area contributed by atoms with E-state index in [2.05, 4.69) is 76.9 Å². The van der Waals surface area contributed by atoms with Crippen molar-refractivity contribution in [3.63, 3.8) is 0 Å². The maximum Gasteiger partial charge on any atom is 0.335 e. The molecule has 0 aliphatic carbocycles. The topological polar surface area (TPSA) is 127 Å². The molecule has 4 heterocycles. The summed E-state index contributed by atoms with van der Waals surface area (Å²) in [6.07, 6.45) is 0.127. The second-order valence-corrected chi connectivity index (χ2v) is 19.7. The van der Waals surface area contributed by atoms with Crippen LogP contribution in [0.15, 0.2) is 23.3 Å². The molecule has 10 nitrogen and oxygen atoms in total. The van der Waals surface area contributed by atoms with E-state index in [9.17, 15) is 4.79 Å². The molecule has 3 N–H and O–H groups in total. The summed E-state index contributed by atoms with van der Waals surface area (Å²) in [5.74, 6) is 0.0162. The highest BCUT2D eigenvalue weighted by Crippen LogP contribution is 2.49. The quantitative estimate of drug-likeness (QED) is 0.445. The highest BCUT2D eigenvalue weighted by Gasteiger charge is 2.60. The first-order valence-electron chi connectivity index (χ1n) is 12.4. The smallest absolute Gasteiger partial charge is 0.335 e. The lowest BCUT2D eigenvalue weighted by atomic mass is 10.1. The van der Waals surface area contributed by atoms with E-state index in [0.717, 1.165) is 5.57 Å². The van der Waals surface area contributed by atoms with Crippen molar-refractivity contribution in [2.24, 2.45) is 0 Å². The largest absolute Gasteiger partial charge is 0.414 e. The SMILES string of the molecule is C=C1[C@H](n2cnc3c(=O)[nH]c(N)nc32)O[C@@H]2CO[Si](C(C)C)(C(C)C)O[Si](C(C)C)(C(C)C)O[C@@H]12. The van der Waals surface area contributed by atoms with Gasteiger partial charge in [0.1, 0.15) is 12.2 Å². The highest BCUT2D eigenvalue weighted by atomic mass is 28.5. The number of nitrogen functional groups attached to an aromatic ring is 1. The van der Waals surface area contributed by atoms with E-state index in [-0.39, 0.29) is 39.7 Å². The molecule has 2 aromatic heterocycles. The molecule has 2 fully saturated rings. The maximum absolute atomic E-state index is 12.3. The van der Waals surface area contributed by atoms with Gasteiger partial charge in [-0.15, -0.1) is 0 Å². The molecule has 0 aromatic carbocycles. The van der Waals surface area contributed by atoms with Crippen LogP contribution < -0.4 is 11.3 Å². The van der Waals surface area contributed by atoms with Crippen LogP contribution >= 0.6 is 0 Å². The summed E-state index contributed by atoms with van der Waals surface area (Å²) in [7, 11) is -5.49. The van der Waals surface area contributed by atoms with Gasteiger partial charge in [0.2, 0.25) is 5.95 Å². The molecule has 12 heteroatoms. The molecule has 0 saturated carbocycles. The fourth-order valence-corrected chi connectivity index (χ4v) is 16.7. The number of nitrogens with two attached hydrogens (primary N) is 1. The number of aromatic nitrogens is 4. The molecule has 4 rings (SSSR count). The maximum atomic E-state index is 12.3. The zero-order valence-corrected chi connectivity index (χ0v) is 24.0. The summed E-state index contributed by atoms with van der Waals surface area (Å²) in [6, 6.07) is 0. The van der Waals surface area contributed by atoms with Crippen LogP contribution in [0.5, 0.6) is 0 Å². The first-order chi connectivity index (χ1) is 16.3. The Hall–Kier alpha value is -1.84. The second kappa shape index (κ2) is 9.23. The zero-order valence-electron chi connectivity index (χ0n) is 22.0. The van der Waals surface area contributed by atoms with Gasteiger partial charge in [-0.2, -0.15) is 4.98 Å². The molecule has 0 amide bonds. The number of nitrogens with zero attached hydrogens (tertiary/aromatic N) is 3. The lowest BCUT2D eigenvalue weighted by Crippen LogP contribution is -2.65. The number of anilines is 1. The van der Waals surface area contributed by atoms with E-state index in [1.54, 1.807) is 4.57 Å². The Morgan fingerprint density at radius 3 is 2.26 bits per heavy atom. The minimum atomic E-state index is -2.81. The Morgan fingerprint density at radius 1 is 1.09 bits per heavy atom. The molecule has 2 aromatic rings. The van der Waals surface area contributed by atoms with Gasteiger partial charge >= 0.3 is 17.1 Å². The number of nitrogens with one attached hydrogen (secondary N) is 1. The van der Waals surface area contributed by atoms with Crippen molar-refractivity contribution in [2.75, 3.05) is 12.3 Å². The number of ether oxygens (including phenoxy) is 1. The number of H-pyrrole nitrogens is 1. The minimum Gasteiger partial charge on any atom is -0.414 e. The fourth-order valence-electron chi connectivity index (χ4n) is 5.46. The number of fused-ring (bicyclic) bond motifs is 2. The number of aromatic amines is 1. The van der Waals surface area contributed by atoms with Crippen molar-refractivity contribution < 1.29 is 17.7 Å². The summed E-state index contributed by atoms with van der Waals surface area (Å²) in [6.45, 7) is 22.2. The van der Waals surface area contributed by atoms with Gasteiger partial charge in [-0.3, -0.25) is 14.3 Å². The molecule has 2 saturated heterocycles. The Balaban J connectivity index is 1.80. The van der Waals surface area contributed by atoms with E-state index in [1.807, 2.05) is 0 Å². The lowest BCUT2D eigenvalue weighted by Gasteiger charge is -2.51. The predicted octanol–water partition coefficient (Wildman–Crippen LogP) is 4.11. The van der Waals surface area contributed by atoms with Crippen molar-refractivity contribution in [2.45, 2.75) is 96.0 Å². The second-order valence-electron chi connectivity index (χ2n) is 10.9. The summed E-state index contributed by atoms with van der Waals surface area (Å²) in [5.41, 5.74) is 7.53. The third-order valence-corrected chi connectivity index (χ3v) is 17.6. The number of hydrogen-bond acceptors (Lipinski definition) is 8. The Labute approximate surface area is 208 Å². The number of rotatable bonds is 5. The molecule has 2 aliphatic heterocycles. The van der Waals surface area contributed by atoms with Crippen LogP contribution in [0, 0.1) is 0 Å². The van der Waals surface area contributed by atoms with Crippen molar-refractivity contribution in [3.05, 3.63) is 28.8 Å². The van der Waals surface area contributed by atoms with Crippen LogP contribution in [-0.2, 0) is 17.7 Å². The monoisotopic (exact) mass is 521 g/mol. The number of imidazole rings is 1. The molecule has 2 aliphatic rings. The third-order valence-electron chi connectivity index (χ3n) is 7.35. The highest BCUT2D eigenvalue weighted by molar-refractivity contribution is 6.84. The van der Waals surface area contributed by atoms with E-state index < -0.39 is 35.0 Å². The zero-order chi connectivity index (χ0) is 25.9. The van der Waals surface area contributed by atoms with E-state index >= 15 is 0 Å². The third kappa shape index (κ3) is 4.13. The molecule has 0 radical (unpaired) electrons. The number of hydrogen-bond donors (Lipinski definition) is 2. The first kappa shape index (κ1) is 26.2. The standard InChI is InChI=1S/C23H39N5O5Si2/c1-12(2)34(13(3)4)30-10-17-19(32-35(33-34,14(5)6)15(7)8)16(9)22(31-17)28-11-25-18-20(28)26-23(24)27-21(18)29/h11-15,17,19,22H,9-10H2,1-8H3,(H3,24,26,27,29)/t17-,19+,22-/m1/s1. The molecule has 0 spiro atoms. The van der Waals surface area contributed by atoms with Crippen LogP contribution in [-0.4, -0.2) is 55.5 Å². The summed E-state index contributed by atoms with van der Waals surface area (Å²) in [4.78, 5) is 23.4. The Bertz CT molecular complexity index is 1140. The van der Waals surface area contributed by atoms with Crippen molar-refractivity contribution in [1.82, 2.24) is 19.5 Å². The van der Waals surface area contributed by atoms with Gasteiger partial charge in [0.15, 0.2) is 17.4 Å². The van der Waals surface area contributed by atoms with Gasteiger partial charge in [-0.05, 0) is 22.2 Å². The van der Waals surface area contributed by atoms with Crippen LogP contribution in [0.4, 0.5) is 5.95 Å². The summed E-state index contributed by atoms with van der Waals surface area (Å²) < 4.78 is 29.3. The van der Waals surface area contributed by atoms with Crippen molar-refractivity contribution in [1.29, 1.82) is 0 Å². The van der Waals surface area contributed by atoms with Crippen LogP contribution in [0.3, 0.4) is 0 Å². The van der Waals surface area contributed by atoms with Crippen molar-refractivity contribution >= 4 is 34.2 Å². The first-order valence-corrected chi connectivity index (χ1v) is 16.4. The van der Waals surface area contributed by atoms with Gasteiger partial charge in [-0.25, -0.2) is 4.98 Å². The summed E-state index contributed by atoms with van der Waals surface area (Å²) >= 11 is 0. The molecular weight excluding hydrogens is 482 g/mol. The van der Waals surface area contributed by atoms with E-state index in [1.165, 1.54) is 6.33 Å². The van der Waals surface area contributed by atoms with E-state index in [0.29, 0.717) is 12.3 Å². The molecule has 194 valence electrons. The van der Waals surface area contributed by atoms with E-state index in [4.69, 9.17) is 23.4 Å². The van der Waals surface area contributed by atoms with Gasteiger partial charge in [0.05, 0.1) is 12.9 Å². The molecule has 0 bridgehead atoms. The lowest BCUT2D eigenvalue weighted by molar-refractivity contribution is -0.0541. The molecule has 35 heavy (non-hydrogen) atoms. The van der Waals surface area contributed by atoms with Gasteiger partial charge in [-0.1, -0.05) is 62.0 Å². The molecule has 3 atom stereocenters. The average Bonchev–Trinajstić information content (AvgIpc) is 3.28. The minimum absolute atomic E-state index is 0.0162. The normalized spacial score (nSPS) is 26.6.